The Morgan fingerprint density at radius 3 is 2.17 bits per heavy atom. The Bertz CT molecular complexity index is 297. The van der Waals surface area contributed by atoms with Crippen LogP contribution in [0.4, 0.5) is 0 Å². The predicted octanol–water partition coefficient (Wildman–Crippen LogP) is 2.84. The Kier molecular flexibility index (Phi) is 5.17. The van der Waals surface area contributed by atoms with Crippen molar-refractivity contribution in [2.75, 3.05) is 0 Å². The van der Waals surface area contributed by atoms with Crippen LogP contribution < -0.4 is 0 Å². The van der Waals surface area contributed by atoms with Gasteiger partial charge in [0.15, 0.2) is 6.10 Å². The monoisotopic (exact) mass is 256 g/mol. The van der Waals surface area contributed by atoms with Gasteiger partial charge in [0, 0.05) is 0 Å². The van der Waals surface area contributed by atoms with Crippen molar-refractivity contribution in [3.05, 3.63) is 0 Å². The molecular weight excluding hydrogens is 232 g/mol. The van der Waals surface area contributed by atoms with Crippen LogP contribution >= 0.6 is 0 Å². The summed E-state index contributed by atoms with van der Waals surface area (Å²) < 4.78 is 10.5. The van der Waals surface area contributed by atoms with Gasteiger partial charge in [0.25, 0.3) is 0 Å². The summed E-state index contributed by atoms with van der Waals surface area (Å²) in [5, 5.41) is 0. The van der Waals surface area contributed by atoms with Crippen molar-refractivity contribution in [2.24, 2.45) is 5.41 Å². The number of rotatable bonds is 3. The van der Waals surface area contributed by atoms with Gasteiger partial charge in [-0.1, -0.05) is 6.42 Å². The van der Waals surface area contributed by atoms with Gasteiger partial charge in [-0.25, -0.2) is 4.79 Å². The first-order chi connectivity index (χ1) is 8.30. The number of esters is 2. The van der Waals surface area contributed by atoms with Crippen molar-refractivity contribution in [3.8, 4) is 0 Å². The number of hydrogen-bond acceptors (Lipinski definition) is 4. The summed E-state index contributed by atoms with van der Waals surface area (Å²) in [6.45, 7) is 6.84. The number of hydrogen-bond donors (Lipinski definition) is 0. The topological polar surface area (TPSA) is 52.6 Å². The molecule has 4 nitrogen and oxygen atoms in total. The summed E-state index contributed by atoms with van der Waals surface area (Å²) >= 11 is 0. The summed E-state index contributed by atoms with van der Waals surface area (Å²) in [6, 6.07) is 0. The highest BCUT2D eigenvalue weighted by atomic mass is 16.6. The standard InChI is InChI=1S/C14H24O4/c1-10(17-13(16)14(2,3)4)12(15)18-11-8-6-5-7-9-11/h10-11H,5-9H2,1-4H3. The van der Waals surface area contributed by atoms with E-state index in [2.05, 4.69) is 0 Å². The maximum atomic E-state index is 11.8. The molecule has 0 amide bonds. The van der Waals surface area contributed by atoms with Crippen molar-refractivity contribution in [2.45, 2.75) is 72.0 Å². The minimum atomic E-state index is -0.821. The van der Waals surface area contributed by atoms with E-state index in [9.17, 15) is 9.59 Å². The largest absolute Gasteiger partial charge is 0.460 e. The van der Waals surface area contributed by atoms with Gasteiger partial charge in [-0.2, -0.15) is 0 Å². The van der Waals surface area contributed by atoms with Gasteiger partial charge in [-0.3, -0.25) is 4.79 Å². The highest BCUT2D eigenvalue weighted by molar-refractivity contribution is 5.81. The third-order valence-electron chi connectivity index (χ3n) is 3.06. The van der Waals surface area contributed by atoms with Gasteiger partial charge in [0.2, 0.25) is 0 Å². The third kappa shape index (κ3) is 4.67. The summed E-state index contributed by atoms with van der Waals surface area (Å²) in [5.41, 5.74) is -0.598. The summed E-state index contributed by atoms with van der Waals surface area (Å²) in [6.07, 6.45) is 4.45. The number of carbonyl (C=O) groups excluding carboxylic acids is 2. The maximum absolute atomic E-state index is 11.8. The molecule has 1 aliphatic rings. The fraction of sp³-hybridized carbons (Fsp3) is 0.857. The third-order valence-corrected chi connectivity index (χ3v) is 3.06. The van der Waals surface area contributed by atoms with Gasteiger partial charge >= 0.3 is 11.9 Å². The number of ether oxygens (including phenoxy) is 2. The quantitative estimate of drug-likeness (QED) is 0.729. The zero-order chi connectivity index (χ0) is 13.8. The Hall–Kier alpha value is -1.06. The van der Waals surface area contributed by atoms with Crippen molar-refractivity contribution in [1.82, 2.24) is 0 Å². The molecule has 1 fully saturated rings. The predicted molar refractivity (Wildman–Crippen MR) is 68.0 cm³/mol. The molecule has 1 rings (SSSR count). The Morgan fingerprint density at radius 1 is 1.11 bits per heavy atom. The molecule has 1 aliphatic carbocycles. The highest BCUT2D eigenvalue weighted by Gasteiger charge is 2.29. The lowest BCUT2D eigenvalue weighted by molar-refractivity contribution is -0.175. The fourth-order valence-electron chi connectivity index (χ4n) is 1.83. The fourth-order valence-corrected chi connectivity index (χ4v) is 1.83. The van der Waals surface area contributed by atoms with E-state index < -0.39 is 17.5 Å². The molecule has 0 N–H and O–H groups in total. The van der Waals surface area contributed by atoms with E-state index >= 15 is 0 Å². The van der Waals surface area contributed by atoms with Crippen LogP contribution in [0.25, 0.3) is 0 Å². The molecular formula is C14H24O4. The summed E-state index contributed by atoms with van der Waals surface area (Å²) in [4.78, 5) is 23.4. The van der Waals surface area contributed by atoms with Crippen LogP contribution in [0.1, 0.15) is 59.8 Å². The molecule has 1 atom stereocenters. The van der Waals surface area contributed by atoms with E-state index in [0.717, 1.165) is 25.7 Å². The lowest BCUT2D eigenvalue weighted by Crippen LogP contribution is -2.34. The van der Waals surface area contributed by atoms with Crippen LogP contribution in [-0.4, -0.2) is 24.1 Å². The van der Waals surface area contributed by atoms with Gasteiger partial charge in [0.05, 0.1) is 5.41 Å². The van der Waals surface area contributed by atoms with Crippen LogP contribution in [0.15, 0.2) is 0 Å². The first-order valence-electron chi connectivity index (χ1n) is 6.72. The normalized spacial score (nSPS) is 19.1. The van der Waals surface area contributed by atoms with Crippen LogP contribution in [-0.2, 0) is 19.1 Å². The summed E-state index contributed by atoms with van der Waals surface area (Å²) in [7, 11) is 0. The molecule has 0 aromatic heterocycles. The average Bonchev–Trinajstić information content (AvgIpc) is 2.28. The molecule has 18 heavy (non-hydrogen) atoms. The Morgan fingerprint density at radius 2 is 1.67 bits per heavy atom. The van der Waals surface area contributed by atoms with Crippen molar-refractivity contribution >= 4 is 11.9 Å². The molecule has 0 heterocycles. The smallest absolute Gasteiger partial charge is 0.347 e. The SMILES string of the molecule is CC(OC(=O)C(C)(C)C)C(=O)OC1CCCCC1. The molecule has 1 saturated carbocycles. The molecule has 104 valence electrons. The van der Waals surface area contributed by atoms with Crippen molar-refractivity contribution in [1.29, 1.82) is 0 Å². The zero-order valence-electron chi connectivity index (χ0n) is 11.8. The van der Waals surface area contributed by atoms with E-state index in [-0.39, 0.29) is 12.1 Å². The molecule has 0 aromatic rings. The van der Waals surface area contributed by atoms with Gasteiger partial charge in [-0.15, -0.1) is 0 Å². The van der Waals surface area contributed by atoms with Gasteiger partial charge in [-0.05, 0) is 53.4 Å². The molecule has 0 radical (unpaired) electrons. The maximum Gasteiger partial charge on any atom is 0.347 e. The molecule has 0 saturated heterocycles. The molecule has 0 spiro atoms. The van der Waals surface area contributed by atoms with Crippen LogP contribution in [0.3, 0.4) is 0 Å². The lowest BCUT2D eigenvalue weighted by Gasteiger charge is -2.24. The van der Waals surface area contributed by atoms with Crippen molar-refractivity contribution < 1.29 is 19.1 Å². The van der Waals surface area contributed by atoms with Gasteiger partial charge < -0.3 is 9.47 Å². The van der Waals surface area contributed by atoms with Gasteiger partial charge in [0.1, 0.15) is 6.10 Å². The van der Waals surface area contributed by atoms with Crippen molar-refractivity contribution in [3.63, 3.8) is 0 Å². The van der Waals surface area contributed by atoms with E-state index in [1.54, 1.807) is 27.7 Å². The number of carbonyl (C=O) groups is 2. The second kappa shape index (κ2) is 6.21. The second-order valence-electron chi connectivity index (χ2n) is 5.99. The highest BCUT2D eigenvalue weighted by Crippen LogP contribution is 2.21. The molecule has 0 aliphatic heterocycles. The van der Waals surface area contributed by atoms with E-state index in [1.807, 2.05) is 0 Å². The lowest BCUT2D eigenvalue weighted by atomic mass is 9.97. The second-order valence-corrected chi connectivity index (χ2v) is 5.99. The minimum Gasteiger partial charge on any atom is -0.460 e. The molecule has 1 unspecified atom stereocenters. The summed E-state index contributed by atoms with van der Waals surface area (Å²) in [5.74, 6) is -0.810. The van der Waals surface area contributed by atoms with E-state index in [1.165, 1.54) is 6.42 Å². The Balaban J connectivity index is 2.39. The molecule has 0 aromatic carbocycles. The molecule has 0 bridgehead atoms. The van der Waals surface area contributed by atoms with Crippen LogP contribution in [0, 0.1) is 5.41 Å². The minimum absolute atomic E-state index is 0.00189. The molecule has 4 heteroatoms. The Labute approximate surface area is 109 Å². The van der Waals surface area contributed by atoms with Crippen LogP contribution in [0.2, 0.25) is 0 Å². The zero-order valence-corrected chi connectivity index (χ0v) is 11.8. The first kappa shape index (κ1) is 15.0. The van der Waals surface area contributed by atoms with E-state index in [4.69, 9.17) is 9.47 Å². The first-order valence-corrected chi connectivity index (χ1v) is 6.72. The average molecular weight is 256 g/mol. The van der Waals surface area contributed by atoms with E-state index in [0.29, 0.717) is 0 Å². The van der Waals surface area contributed by atoms with Crippen LogP contribution in [0.5, 0.6) is 0 Å².